The zero-order valence-electron chi connectivity index (χ0n) is 6.55. The molecule has 7 heteroatoms. The van der Waals surface area contributed by atoms with E-state index in [0.29, 0.717) is 0 Å². The molecule has 0 amide bonds. The van der Waals surface area contributed by atoms with Crippen molar-refractivity contribution in [1.29, 1.82) is 0 Å². The largest absolute Gasteiger partial charge is 0.221 e. The van der Waals surface area contributed by atoms with Crippen LogP contribution in [0.3, 0.4) is 0 Å². The Balaban J connectivity index is 3.29. The van der Waals surface area contributed by atoms with Gasteiger partial charge in [-0.15, -0.1) is 0 Å². The van der Waals surface area contributed by atoms with Crippen LogP contribution in [0.5, 0.6) is 0 Å². The number of sulfone groups is 1. The van der Waals surface area contributed by atoms with Crippen molar-refractivity contribution in [1.82, 2.24) is 0 Å². The van der Waals surface area contributed by atoms with Crippen LogP contribution < -0.4 is 0 Å². The van der Waals surface area contributed by atoms with E-state index in [1.165, 1.54) is 18.2 Å². The summed E-state index contributed by atoms with van der Waals surface area (Å²) >= 11 is 21.9. The van der Waals surface area contributed by atoms with Crippen molar-refractivity contribution in [3.8, 4) is 0 Å². The first-order valence-corrected chi connectivity index (χ1v) is 6.50. The van der Waals surface area contributed by atoms with E-state index in [4.69, 9.17) is 46.4 Å². The summed E-state index contributed by atoms with van der Waals surface area (Å²) in [5.74, 6) is 0. The van der Waals surface area contributed by atoms with Crippen LogP contribution in [0, 0.1) is 0 Å². The van der Waals surface area contributed by atoms with Gasteiger partial charge in [0.2, 0.25) is 14.0 Å². The van der Waals surface area contributed by atoms with Gasteiger partial charge in [-0.1, -0.05) is 46.4 Å². The molecule has 0 aliphatic heterocycles. The number of hydrogen-bond donors (Lipinski definition) is 0. The third-order valence-electron chi connectivity index (χ3n) is 1.45. The molecule has 1 rings (SSSR count). The molecule has 0 fully saturated rings. The van der Waals surface area contributed by atoms with Gasteiger partial charge in [-0.2, -0.15) is 0 Å². The van der Waals surface area contributed by atoms with Crippen molar-refractivity contribution in [2.75, 3.05) is 0 Å². The second-order valence-corrected chi connectivity index (χ2v) is 6.84. The first kappa shape index (κ1) is 12.4. The van der Waals surface area contributed by atoms with Crippen molar-refractivity contribution in [3.63, 3.8) is 0 Å². The summed E-state index contributed by atoms with van der Waals surface area (Å²) in [7, 11) is -3.73. The van der Waals surface area contributed by atoms with Gasteiger partial charge in [0, 0.05) is 0 Å². The van der Waals surface area contributed by atoms with E-state index in [-0.39, 0.29) is 14.9 Å². The van der Waals surface area contributed by atoms with Gasteiger partial charge < -0.3 is 0 Å². The lowest BCUT2D eigenvalue weighted by Crippen LogP contribution is -2.09. The fourth-order valence-corrected chi connectivity index (χ4v) is 2.48. The lowest BCUT2D eigenvalue weighted by atomic mass is 10.4. The molecule has 78 valence electrons. The van der Waals surface area contributed by atoms with Crippen molar-refractivity contribution in [2.45, 2.75) is 9.06 Å². The minimum absolute atomic E-state index is 0.0538. The van der Waals surface area contributed by atoms with Gasteiger partial charge in [-0.05, 0) is 18.2 Å². The number of alkyl halides is 2. The Morgan fingerprint density at radius 1 is 1.07 bits per heavy atom. The second-order valence-electron chi connectivity index (χ2n) is 2.38. The number of halogens is 4. The Bertz CT molecular complexity index is 441. The lowest BCUT2D eigenvalue weighted by Gasteiger charge is -2.05. The average Bonchev–Trinajstić information content (AvgIpc) is 2.09. The maximum Gasteiger partial charge on any atom is 0.212 e. The average molecular weight is 294 g/mol. The van der Waals surface area contributed by atoms with Crippen LogP contribution in [0.1, 0.15) is 0 Å². The molecule has 0 aliphatic carbocycles. The molecule has 0 spiro atoms. The minimum Gasteiger partial charge on any atom is -0.221 e. The predicted octanol–water partition coefficient (Wildman–Crippen LogP) is 3.53. The molecule has 0 heterocycles. The smallest absolute Gasteiger partial charge is 0.212 e. The fourth-order valence-electron chi connectivity index (χ4n) is 0.757. The molecule has 0 unspecified atom stereocenters. The summed E-state index contributed by atoms with van der Waals surface area (Å²) in [5.41, 5.74) is 0. The van der Waals surface area contributed by atoms with Gasteiger partial charge in [0.05, 0.1) is 14.9 Å². The Morgan fingerprint density at radius 2 is 1.64 bits per heavy atom. The van der Waals surface area contributed by atoms with Crippen molar-refractivity contribution < 1.29 is 8.42 Å². The van der Waals surface area contributed by atoms with Crippen LogP contribution in [-0.2, 0) is 9.84 Å². The van der Waals surface area contributed by atoms with Crippen molar-refractivity contribution in [2.24, 2.45) is 0 Å². The van der Waals surface area contributed by atoms with E-state index in [1.807, 2.05) is 0 Å². The standard InChI is InChI=1S/C7H4Cl4O2S/c8-5-2-1-4(3-6(5)9)14(12,13)7(10)11/h1-3,7H. The van der Waals surface area contributed by atoms with Gasteiger partial charge in [0.15, 0.2) is 0 Å². The monoisotopic (exact) mass is 292 g/mol. The number of hydrogen-bond acceptors (Lipinski definition) is 2. The summed E-state index contributed by atoms with van der Waals surface area (Å²) in [6.45, 7) is 0. The minimum atomic E-state index is -3.73. The second kappa shape index (κ2) is 4.45. The molecular weight excluding hydrogens is 290 g/mol. The van der Waals surface area contributed by atoms with E-state index in [9.17, 15) is 8.42 Å². The lowest BCUT2D eigenvalue weighted by molar-refractivity contribution is 0.598. The van der Waals surface area contributed by atoms with Gasteiger partial charge in [-0.3, -0.25) is 0 Å². The van der Waals surface area contributed by atoms with Gasteiger partial charge in [-0.25, -0.2) is 8.42 Å². The van der Waals surface area contributed by atoms with Crippen LogP contribution in [0.4, 0.5) is 0 Å². The summed E-state index contributed by atoms with van der Waals surface area (Å²) in [6.07, 6.45) is 0. The summed E-state index contributed by atoms with van der Waals surface area (Å²) in [6, 6.07) is 3.87. The molecular formula is C7H4Cl4O2S. The number of benzene rings is 1. The van der Waals surface area contributed by atoms with Gasteiger partial charge in [0.1, 0.15) is 0 Å². The predicted molar refractivity (Wildman–Crippen MR) is 59.1 cm³/mol. The first-order valence-electron chi connectivity index (χ1n) is 3.33. The molecule has 14 heavy (non-hydrogen) atoms. The molecule has 0 N–H and O–H groups in total. The SMILES string of the molecule is O=S(=O)(c1ccc(Cl)c(Cl)c1)C(Cl)Cl. The Kier molecular flexibility index (Phi) is 3.95. The molecule has 0 aliphatic rings. The third kappa shape index (κ3) is 2.47. The van der Waals surface area contributed by atoms with Crippen LogP contribution in [0.15, 0.2) is 23.1 Å². The normalized spacial score (nSPS) is 12.1. The maximum atomic E-state index is 11.4. The molecule has 1 aromatic carbocycles. The Hall–Kier alpha value is 0.330. The highest BCUT2D eigenvalue weighted by molar-refractivity contribution is 7.94. The quantitative estimate of drug-likeness (QED) is 0.782. The molecule has 0 saturated heterocycles. The zero-order valence-corrected chi connectivity index (χ0v) is 10.4. The van der Waals surface area contributed by atoms with Crippen molar-refractivity contribution in [3.05, 3.63) is 28.2 Å². The van der Waals surface area contributed by atoms with Crippen molar-refractivity contribution >= 4 is 56.2 Å². The summed E-state index contributed by atoms with van der Waals surface area (Å²) in [5, 5.41) is 0.410. The maximum absolute atomic E-state index is 11.4. The molecule has 0 atom stereocenters. The van der Waals surface area contributed by atoms with E-state index in [2.05, 4.69) is 0 Å². The summed E-state index contributed by atoms with van der Waals surface area (Å²) < 4.78 is 21.3. The highest BCUT2D eigenvalue weighted by Crippen LogP contribution is 2.28. The highest BCUT2D eigenvalue weighted by atomic mass is 35.5. The fraction of sp³-hybridized carbons (Fsp3) is 0.143. The molecule has 1 aromatic rings. The summed E-state index contributed by atoms with van der Waals surface area (Å²) in [4.78, 5) is -0.0538. The first-order chi connectivity index (χ1) is 6.35. The van der Waals surface area contributed by atoms with E-state index < -0.39 is 14.0 Å². The van der Waals surface area contributed by atoms with Crippen LogP contribution in [0.2, 0.25) is 10.0 Å². The van der Waals surface area contributed by atoms with E-state index in [0.717, 1.165) is 0 Å². The molecule has 0 saturated carbocycles. The highest BCUT2D eigenvalue weighted by Gasteiger charge is 2.23. The van der Waals surface area contributed by atoms with Gasteiger partial charge >= 0.3 is 0 Å². The topological polar surface area (TPSA) is 34.1 Å². The molecule has 2 nitrogen and oxygen atoms in total. The molecule has 0 radical (unpaired) electrons. The van der Waals surface area contributed by atoms with Crippen LogP contribution >= 0.6 is 46.4 Å². The van der Waals surface area contributed by atoms with Crippen LogP contribution in [0.25, 0.3) is 0 Å². The molecule has 0 bridgehead atoms. The molecule has 0 aromatic heterocycles. The third-order valence-corrected chi connectivity index (χ3v) is 4.98. The van der Waals surface area contributed by atoms with E-state index >= 15 is 0 Å². The zero-order chi connectivity index (χ0) is 10.9. The van der Waals surface area contributed by atoms with E-state index in [1.54, 1.807) is 0 Å². The number of rotatable bonds is 2. The Morgan fingerprint density at radius 3 is 2.07 bits per heavy atom. The van der Waals surface area contributed by atoms with Crippen LogP contribution in [-0.4, -0.2) is 12.6 Å². The van der Waals surface area contributed by atoms with Gasteiger partial charge in [0.25, 0.3) is 0 Å². The Labute approximate surface area is 102 Å².